The van der Waals surface area contributed by atoms with Crippen LogP contribution in [0.25, 0.3) is 16.5 Å². The Morgan fingerprint density at radius 3 is 2.59 bits per heavy atom. The lowest BCUT2D eigenvalue weighted by Crippen LogP contribution is -2.23. The summed E-state index contributed by atoms with van der Waals surface area (Å²) in [6.45, 7) is 3.67. The van der Waals surface area contributed by atoms with Crippen molar-refractivity contribution in [1.29, 1.82) is 0 Å². The summed E-state index contributed by atoms with van der Waals surface area (Å²) >= 11 is 7.08. The smallest absolute Gasteiger partial charge is 0.298 e. The second-order valence-corrected chi connectivity index (χ2v) is 7.68. The molecule has 0 spiro atoms. The normalized spacial score (nSPS) is 10.9. The standard InChI is InChI=1S/C20H15ClN4O3S/c1-11-10-15(12(2)25(11)14-7-5-13(21)6-8-14)17(26)18(27)22-20-24-23-19(29-20)16-4-3-9-28-16/h3-10H,1-2H3,(H,22,24,27). The Morgan fingerprint density at radius 1 is 1.14 bits per heavy atom. The maximum atomic E-state index is 12.7. The summed E-state index contributed by atoms with van der Waals surface area (Å²) in [5, 5.41) is 11.7. The highest BCUT2D eigenvalue weighted by Gasteiger charge is 2.24. The molecule has 0 atom stereocenters. The van der Waals surface area contributed by atoms with E-state index in [2.05, 4.69) is 15.5 Å². The van der Waals surface area contributed by atoms with Gasteiger partial charge in [0.1, 0.15) is 0 Å². The number of hydrogen-bond donors (Lipinski definition) is 1. The molecule has 4 rings (SSSR count). The Hall–Kier alpha value is -3.23. The van der Waals surface area contributed by atoms with Crippen molar-refractivity contribution in [2.45, 2.75) is 13.8 Å². The average molecular weight is 427 g/mol. The molecule has 3 aromatic heterocycles. The molecular weight excluding hydrogens is 412 g/mol. The molecular formula is C20H15ClN4O3S. The summed E-state index contributed by atoms with van der Waals surface area (Å²) in [7, 11) is 0. The summed E-state index contributed by atoms with van der Waals surface area (Å²) in [5.74, 6) is -0.877. The first-order valence-electron chi connectivity index (χ1n) is 8.62. The molecule has 7 nitrogen and oxygen atoms in total. The zero-order valence-corrected chi connectivity index (χ0v) is 17.0. The van der Waals surface area contributed by atoms with Crippen molar-refractivity contribution in [3.63, 3.8) is 0 Å². The molecule has 146 valence electrons. The van der Waals surface area contributed by atoms with Gasteiger partial charge >= 0.3 is 0 Å². The summed E-state index contributed by atoms with van der Waals surface area (Å²) in [6.07, 6.45) is 1.52. The number of anilines is 1. The van der Waals surface area contributed by atoms with Crippen LogP contribution in [-0.4, -0.2) is 26.5 Å². The molecule has 29 heavy (non-hydrogen) atoms. The number of carbonyl (C=O) groups is 2. The number of amides is 1. The van der Waals surface area contributed by atoms with E-state index in [-0.39, 0.29) is 5.13 Å². The number of aryl methyl sites for hydroxylation is 1. The molecule has 0 unspecified atom stereocenters. The molecule has 3 heterocycles. The number of nitrogens with one attached hydrogen (secondary N) is 1. The lowest BCUT2D eigenvalue weighted by Gasteiger charge is -2.09. The van der Waals surface area contributed by atoms with Gasteiger partial charge in [-0.25, -0.2) is 0 Å². The van der Waals surface area contributed by atoms with Crippen LogP contribution >= 0.6 is 22.9 Å². The van der Waals surface area contributed by atoms with E-state index in [1.165, 1.54) is 6.26 Å². The fourth-order valence-corrected chi connectivity index (χ4v) is 3.86. The molecule has 4 aromatic rings. The van der Waals surface area contributed by atoms with Crippen LogP contribution in [0.5, 0.6) is 0 Å². The molecule has 1 aromatic carbocycles. The van der Waals surface area contributed by atoms with Gasteiger partial charge in [0.2, 0.25) is 5.13 Å². The SMILES string of the molecule is Cc1cc(C(=O)C(=O)Nc2nnc(-c3ccco3)s2)c(C)n1-c1ccc(Cl)cc1. The van der Waals surface area contributed by atoms with Crippen LogP contribution in [0.4, 0.5) is 5.13 Å². The van der Waals surface area contributed by atoms with Crippen LogP contribution in [-0.2, 0) is 4.79 Å². The number of furan rings is 1. The third-order valence-corrected chi connectivity index (χ3v) is 5.45. The second-order valence-electron chi connectivity index (χ2n) is 6.27. The number of hydrogen-bond acceptors (Lipinski definition) is 6. The van der Waals surface area contributed by atoms with E-state index in [4.69, 9.17) is 16.0 Å². The maximum Gasteiger partial charge on any atom is 0.298 e. The van der Waals surface area contributed by atoms with Crippen LogP contribution in [0.1, 0.15) is 21.7 Å². The summed E-state index contributed by atoms with van der Waals surface area (Å²) in [4.78, 5) is 25.2. The Kier molecular flexibility index (Phi) is 5.04. The van der Waals surface area contributed by atoms with E-state index in [1.54, 1.807) is 37.3 Å². The van der Waals surface area contributed by atoms with Gasteiger partial charge in [-0.3, -0.25) is 14.9 Å². The first-order valence-corrected chi connectivity index (χ1v) is 9.81. The van der Waals surface area contributed by atoms with E-state index in [9.17, 15) is 9.59 Å². The Labute approximate surface area is 175 Å². The van der Waals surface area contributed by atoms with Crippen molar-refractivity contribution in [1.82, 2.24) is 14.8 Å². The summed E-state index contributed by atoms with van der Waals surface area (Å²) < 4.78 is 7.15. The second kappa shape index (κ2) is 7.65. The highest BCUT2D eigenvalue weighted by atomic mass is 35.5. The fraction of sp³-hybridized carbons (Fsp3) is 0.100. The zero-order valence-electron chi connectivity index (χ0n) is 15.5. The number of aromatic nitrogens is 3. The van der Waals surface area contributed by atoms with Crippen LogP contribution < -0.4 is 5.32 Å². The monoisotopic (exact) mass is 426 g/mol. The molecule has 0 saturated heterocycles. The number of nitrogens with zero attached hydrogens (tertiary/aromatic N) is 3. The highest BCUT2D eigenvalue weighted by Crippen LogP contribution is 2.27. The molecule has 0 radical (unpaired) electrons. The molecule has 0 bridgehead atoms. The van der Waals surface area contributed by atoms with Gasteiger partial charge in [-0.05, 0) is 56.3 Å². The van der Waals surface area contributed by atoms with Gasteiger partial charge in [0.25, 0.3) is 11.7 Å². The van der Waals surface area contributed by atoms with Gasteiger partial charge in [-0.15, -0.1) is 10.2 Å². The van der Waals surface area contributed by atoms with Gasteiger partial charge in [-0.2, -0.15) is 0 Å². The zero-order chi connectivity index (χ0) is 20.5. The molecule has 0 aliphatic rings. The molecule has 1 amide bonds. The van der Waals surface area contributed by atoms with Gasteiger partial charge < -0.3 is 8.98 Å². The van der Waals surface area contributed by atoms with E-state index in [1.807, 2.05) is 23.6 Å². The highest BCUT2D eigenvalue weighted by molar-refractivity contribution is 7.18. The first-order chi connectivity index (χ1) is 13.9. The van der Waals surface area contributed by atoms with Crippen molar-refractivity contribution in [2.75, 3.05) is 5.32 Å². The maximum absolute atomic E-state index is 12.7. The summed E-state index contributed by atoms with van der Waals surface area (Å²) in [6, 6.07) is 12.4. The predicted octanol–water partition coefficient (Wildman–Crippen LogP) is 4.68. The molecule has 1 N–H and O–H groups in total. The quantitative estimate of drug-likeness (QED) is 0.369. The number of Topliss-reactive ketones (excluding diaryl/α,β-unsaturated/α-hetero) is 1. The van der Waals surface area contributed by atoms with Crippen molar-refractivity contribution >= 4 is 39.8 Å². The Bertz CT molecular complexity index is 1190. The Morgan fingerprint density at radius 2 is 1.90 bits per heavy atom. The van der Waals surface area contributed by atoms with E-state index in [0.717, 1.165) is 22.7 Å². The summed E-state index contributed by atoms with van der Waals surface area (Å²) in [5.41, 5.74) is 2.68. The lowest BCUT2D eigenvalue weighted by atomic mass is 10.1. The minimum atomic E-state index is -0.775. The third-order valence-electron chi connectivity index (χ3n) is 4.34. The van der Waals surface area contributed by atoms with Gasteiger partial charge in [0.15, 0.2) is 10.8 Å². The van der Waals surface area contributed by atoms with Crippen LogP contribution in [0.15, 0.2) is 53.1 Å². The van der Waals surface area contributed by atoms with Gasteiger partial charge in [0, 0.05) is 27.7 Å². The van der Waals surface area contributed by atoms with Crippen molar-refractivity contribution in [2.24, 2.45) is 0 Å². The topological polar surface area (TPSA) is 90.0 Å². The number of rotatable bonds is 5. The third kappa shape index (κ3) is 3.72. The lowest BCUT2D eigenvalue weighted by molar-refractivity contribution is -0.112. The van der Waals surface area contributed by atoms with Crippen LogP contribution in [0, 0.1) is 13.8 Å². The molecule has 0 aliphatic heterocycles. The van der Waals surface area contributed by atoms with Crippen LogP contribution in [0.2, 0.25) is 5.02 Å². The van der Waals surface area contributed by atoms with Gasteiger partial charge in [0.05, 0.1) is 6.26 Å². The molecule has 9 heteroatoms. The van der Waals surface area contributed by atoms with Crippen LogP contribution in [0.3, 0.4) is 0 Å². The predicted molar refractivity (Wildman–Crippen MR) is 111 cm³/mol. The molecule has 0 aliphatic carbocycles. The van der Waals surface area contributed by atoms with Gasteiger partial charge in [-0.1, -0.05) is 22.9 Å². The molecule has 0 saturated carbocycles. The number of halogens is 1. The largest absolute Gasteiger partial charge is 0.462 e. The van der Waals surface area contributed by atoms with Crippen molar-refractivity contribution in [3.8, 4) is 16.5 Å². The average Bonchev–Trinajstić information content (AvgIpc) is 3.43. The number of carbonyl (C=O) groups excluding carboxylic acids is 2. The number of benzene rings is 1. The Balaban J connectivity index is 1.56. The van der Waals surface area contributed by atoms with Crippen molar-refractivity contribution in [3.05, 3.63) is 70.7 Å². The van der Waals surface area contributed by atoms with E-state index >= 15 is 0 Å². The van der Waals surface area contributed by atoms with Crippen molar-refractivity contribution < 1.29 is 14.0 Å². The minimum Gasteiger partial charge on any atom is -0.462 e. The van der Waals surface area contributed by atoms with E-state index < -0.39 is 11.7 Å². The molecule has 0 fully saturated rings. The fourth-order valence-electron chi connectivity index (χ4n) is 3.03. The number of ketones is 1. The van der Waals surface area contributed by atoms with E-state index in [0.29, 0.717) is 27.0 Å². The minimum absolute atomic E-state index is 0.223. The first kappa shape index (κ1) is 19.1.